The molecular formula is C57H48O3Pd2. The van der Waals surface area contributed by atoms with Crippen LogP contribution in [0.25, 0.3) is 36.5 Å². The largest absolute Gasteiger partial charge is 0.290 e. The molecule has 0 aromatic heterocycles. The van der Waals surface area contributed by atoms with E-state index in [0.717, 1.165) is 33.4 Å². The zero-order valence-corrected chi connectivity index (χ0v) is 37.2. The van der Waals surface area contributed by atoms with E-state index in [1.165, 1.54) is 0 Å². The molecule has 7 rings (SSSR count). The van der Waals surface area contributed by atoms with Gasteiger partial charge in [-0.15, -0.1) is 0 Å². The minimum absolute atomic E-state index is 0. The van der Waals surface area contributed by atoms with E-state index in [-0.39, 0.29) is 58.2 Å². The Labute approximate surface area is 394 Å². The number of carbonyl (C=O) groups excluding carboxylic acids is 3. The molecule has 62 heavy (non-hydrogen) atoms. The van der Waals surface area contributed by atoms with Crippen molar-refractivity contribution in [1.82, 2.24) is 0 Å². The predicted octanol–water partition coefficient (Wildman–Crippen LogP) is 13.6. The topological polar surface area (TPSA) is 51.2 Å². The van der Waals surface area contributed by atoms with E-state index in [9.17, 15) is 14.4 Å². The first-order chi connectivity index (χ1) is 29.5. The Kier molecular flexibility index (Phi) is 27.5. The maximum Gasteiger partial charge on any atom is 0.178 e. The minimum Gasteiger partial charge on any atom is -0.290 e. The van der Waals surface area contributed by atoms with Crippen molar-refractivity contribution in [3.8, 4) is 0 Å². The van der Waals surface area contributed by atoms with Gasteiger partial charge >= 0.3 is 0 Å². The third-order valence-corrected chi connectivity index (χ3v) is 8.10. The van der Waals surface area contributed by atoms with Crippen molar-refractivity contribution >= 4 is 53.8 Å². The molecule has 0 aliphatic carbocycles. The Bertz CT molecular complexity index is 1990. The van der Waals surface area contributed by atoms with Gasteiger partial charge in [0.15, 0.2) is 17.3 Å². The van der Waals surface area contributed by atoms with E-state index < -0.39 is 0 Å². The van der Waals surface area contributed by atoms with Gasteiger partial charge in [-0.05, 0) is 69.8 Å². The van der Waals surface area contributed by atoms with E-state index in [0.29, 0.717) is 0 Å². The standard InChI is InChI=1S/3C17H14O.C6H6.2Pd/c3*18-17(13-11-15-7-3-1-4-8-15)14-12-16-9-5-2-6-10-16;1-2-4-6-5-3-1;;/h3*1-14H;1-6H;;/b3*13-11+,14-12+;;;. The SMILES string of the molecule is O=C(/C=C/c1ccccc1)/C=C/c1ccccc1.O=C(/C=C/c1ccccc1)/C=C/c1ccccc1.O=C(/C=C/c1ccccc1)/C=C/c1ccccc1.[Pd].[Pd].c1ccccc1. The smallest absolute Gasteiger partial charge is 0.178 e. The van der Waals surface area contributed by atoms with Gasteiger partial charge in [-0.3, -0.25) is 14.4 Å². The van der Waals surface area contributed by atoms with Gasteiger partial charge in [0, 0.05) is 40.8 Å². The van der Waals surface area contributed by atoms with Crippen LogP contribution in [-0.2, 0) is 55.2 Å². The minimum atomic E-state index is -0.0114. The Hall–Kier alpha value is -6.69. The molecule has 0 N–H and O–H groups in total. The average molecular weight is 994 g/mol. The summed E-state index contributed by atoms with van der Waals surface area (Å²) in [6.07, 6.45) is 20.4. The fourth-order valence-corrected chi connectivity index (χ4v) is 5.01. The Morgan fingerprint density at radius 2 is 0.323 bits per heavy atom. The van der Waals surface area contributed by atoms with Crippen LogP contribution in [0.1, 0.15) is 33.4 Å². The van der Waals surface area contributed by atoms with E-state index in [1.54, 1.807) is 36.5 Å². The number of hydrogen-bond donors (Lipinski definition) is 0. The van der Waals surface area contributed by atoms with Crippen molar-refractivity contribution < 1.29 is 55.2 Å². The molecule has 0 heterocycles. The second kappa shape index (κ2) is 33.1. The number of rotatable bonds is 12. The molecule has 0 aliphatic heterocycles. The first kappa shape index (κ1) is 51.5. The third kappa shape index (κ3) is 24.4. The van der Waals surface area contributed by atoms with Gasteiger partial charge in [0.1, 0.15) is 0 Å². The Balaban J connectivity index is 0.000000295. The molecule has 0 unspecified atom stereocenters. The summed E-state index contributed by atoms with van der Waals surface area (Å²) in [6, 6.07) is 70.7. The summed E-state index contributed by atoms with van der Waals surface area (Å²) in [6.45, 7) is 0. The summed E-state index contributed by atoms with van der Waals surface area (Å²) in [5.41, 5.74) is 6.16. The first-order valence-corrected chi connectivity index (χ1v) is 19.5. The predicted molar refractivity (Wildman–Crippen MR) is 254 cm³/mol. The van der Waals surface area contributed by atoms with Crippen LogP contribution in [0, 0.1) is 0 Å². The van der Waals surface area contributed by atoms with Crippen LogP contribution in [0.4, 0.5) is 0 Å². The first-order valence-electron chi connectivity index (χ1n) is 19.5. The quantitative estimate of drug-likeness (QED) is 0.0905. The second-order valence-electron chi connectivity index (χ2n) is 12.8. The van der Waals surface area contributed by atoms with Crippen molar-refractivity contribution in [2.45, 2.75) is 0 Å². The molecule has 7 aromatic carbocycles. The zero-order chi connectivity index (χ0) is 42.1. The Morgan fingerprint density at radius 3 is 0.452 bits per heavy atom. The Morgan fingerprint density at radius 1 is 0.210 bits per heavy atom. The van der Waals surface area contributed by atoms with Crippen LogP contribution in [0.5, 0.6) is 0 Å². The molecule has 0 atom stereocenters. The molecule has 0 amide bonds. The van der Waals surface area contributed by atoms with E-state index in [4.69, 9.17) is 0 Å². The number of ketones is 3. The molecule has 0 spiro atoms. The number of hydrogen-bond acceptors (Lipinski definition) is 3. The van der Waals surface area contributed by atoms with Crippen LogP contribution < -0.4 is 0 Å². The average Bonchev–Trinajstić information content (AvgIpc) is 3.33. The fraction of sp³-hybridized carbons (Fsp3) is 0. The molecular weight excluding hydrogens is 945 g/mol. The monoisotopic (exact) mass is 992 g/mol. The van der Waals surface area contributed by atoms with Gasteiger partial charge in [-0.2, -0.15) is 0 Å². The zero-order valence-electron chi connectivity index (χ0n) is 34.1. The van der Waals surface area contributed by atoms with Crippen molar-refractivity contribution in [2.75, 3.05) is 0 Å². The van der Waals surface area contributed by atoms with Gasteiger partial charge in [-0.25, -0.2) is 0 Å². The molecule has 5 heteroatoms. The molecule has 7 aromatic rings. The molecule has 3 nitrogen and oxygen atoms in total. The summed E-state index contributed by atoms with van der Waals surface area (Å²) in [4.78, 5) is 34.8. The van der Waals surface area contributed by atoms with Crippen molar-refractivity contribution in [1.29, 1.82) is 0 Å². The maximum atomic E-state index is 11.6. The molecule has 0 saturated carbocycles. The number of carbonyl (C=O) groups is 3. The fourth-order valence-electron chi connectivity index (χ4n) is 5.01. The summed E-state index contributed by atoms with van der Waals surface area (Å²) in [7, 11) is 0. The van der Waals surface area contributed by atoms with Crippen molar-refractivity contribution in [2.24, 2.45) is 0 Å². The molecule has 0 saturated heterocycles. The van der Waals surface area contributed by atoms with Crippen molar-refractivity contribution in [3.05, 3.63) is 288 Å². The maximum absolute atomic E-state index is 11.6. The molecule has 0 bridgehead atoms. The van der Waals surface area contributed by atoms with Gasteiger partial charge in [-0.1, -0.05) is 255 Å². The molecule has 0 aliphatic rings. The third-order valence-electron chi connectivity index (χ3n) is 8.10. The van der Waals surface area contributed by atoms with Crippen LogP contribution in [0.15, 0.2) is 255 Å². The van der Waals surface area contributed by atoms with Crippen LogP contribution >= 0.6 is 0 Å². The normalized spacial score (nSPS) is 10.5. The van der Waals surface area contributed by atoms with E-state index >= 15 is 0 Å². The van der Waals surface area contributed by atoms with Gasteiger partial charge < -0.3 is 0 Å². The van der Waals surface area contributed by atoms with Crippen LogP contribution in [0.2, 0.25) is 0 Å². The number of allylic oxidation sites excluding steroid dienone is 6. The van der Waals surface area contributed by atoms with E-state index in [1.807, 2.05) is 255 Å². The van der Waals surface area contributed by atoms with Gasteiger partial charge in [0.2, 0.25) is 0 Å². The van der Waals surface area contributed by atoms with Crippen LogP contribution in [-0.4, -0.2) is 17.3 Å². The molecule has 0 radical (unpaired) electrons. The second-order valence-corrected chi connectivity index (χ2v) is 12.8. The van der Waals surface area contributed by atoms with Gasteiger partial charge in [0.25, 0.3) is 0 Å². The van der Waals surface area contributed by atoms with Crippen molar-refractivity contribution in [3.63, 3.8) is 0 Å². The number of benzene rings is 7. The molecule has 314 valence electrons. The summed E-state index contributed by atoms with van der Waals surface area (Å²) in [5, 5.41) is 0. The van der Waals surface area contributed by atoms with Gasteiger partial charge in [0.05, 0.1) is 0 Å². The van der Waals surface area contributed by atoms with E-state index in [2.05, 4.69) is 0 Å². The summed E-state index contributed by atoms with van der Waals surface area (Å²) >= 11 is 0. The summed E-state index contributed by atoms with van der Waals surface area (Å²) in [5.74, 6) is -0.0341. The molecule has 0 fully saturated rings. The van der Waals surface area contributed by atoms with Crippen LogP contribution in [0.3, 0.4) is 0 Å². The summed E-state index contributed by atoms with van der Waals surface area (Å²) < 4.78 is 0.